The van der Waals surface area contributed by atoms with Gasteiger partial charge >= 0.3 is 0 Å². The van der Waals surface area contributed by atoms with Crippen molar-refractivity contribution in [1.29, 1.82) is 5.26 Å². The van der Waals surface area contributed by atoms with Crippen LogP contribution in [0, 0.1) is 31.1 Å². The Morgan fingerprint density at radius 3 is 2.29 bits per heavy atom. The van der Waals surface area contributed by atoms with Crippen LogP contribution < -0.4 is 10.5 Å². The number of oxime groups is 1. The van der Waals surface area contributed by atoms with E-state index in [0.29, 0.717) is 36.7 Å². The van der Waals surface area contributed by atoms with E-state index in [1.54, 1.807) is 19.1 Å². The minimum absolute atomic E-state index is 0.102. The van der Waals surface area contributed by atoms with E-state index >= 15 is 0 Å². The number of benzene rings is 2. The molecule has 0 aliphatic carbocycles. The maximum Gasteiger partial charge on any atom is 0.170 e. The molecule has 0 atom stereocenters. The highest BCUT2D eigenvalue weighted by molar-refractivity contribution is 5.97. The molecule has 3 rings (SSSR count). The molecule has 4 N–H and O–H groups in total. The smallest absolute Gasteiger partial charge is 0.170 e. The van der Waals surface area contributed by atoms with Crippen LogP contribution in [-0.4, -0.2) is 41.8 Å². The third-order valence-electron chi connectivity index (χ3n) is 5.82. The van der Waals surface area contributed by atoms with Gasteiger partial charge in [-0.3, -0.25) is 0 Å². The average Bonchev–Trinajstić information content (AvgIpc) is 2.84. The van der Waals surface area contributed by atoms with Gasteiger partial charge < -0.3 is 30.3 Å². The predicted molar refractivity (Wildman–Crippen MR) is 135 cm³/mol. The third kappa shape index (κ3) is 7.61. The molecule has 2 aromatic carbocycles. The van der Waals surface area contributed by atoms with Crippen molar-refractivity contribution in [2.24, 2.45) is 16.8 Å². The maximum absolute atomic E-state index is 9.51. The second-order valence-electron chi connectivity index (χ2n) is 9.09. The molecule has 0 aromatic heterocycles. The second kappa shape index (κ2) is 12.4. The van der Waals surface area contributed by atoms with Crippen molar-refractivity contribution in [2.75, 3.05) is 19.8 Å². The molecule has 1 aliphatic heterocycles. The fraction of sp³-hybridized carbons (Fsp3) is 0.481. The normalized spacial score (nSPS) is 15.6. The highest BCUT2D eigenvalue weighted by Gasteiger charge is 2.28. The first-order valence-electron chi connectivity index (χ1n) is 11.8. The van der Waals surface area contributed by atoms with Crippen LogP contribution in [0.5, 0.6) is 11.5 Å². The van der Waals surface area contributed by atoms with E-state index in [1.165, 1.54) is 0 Å². The number of nitrogens with two attached hydrogens (primary N) is 1. The first-order chi connectivity index (χ1) is 16.5. The van der Waals surface area contributed by atoms with Gasteiger partial charge in [0.25, 0.3) is 0 Å². The second-order valence-corrected chi connectivity index (χ2v) is 9.09. The number of hydrogen-bond acceptors (Lipinski definition) is 7. The zero-order valence-corrected chi connectivity index (χ0v) is 21.5. The molecule has 190 valence electrons. The van der Waals surface area contributed by atoms with Crippen molar-refractivity contribution in [3.05, 3.63) is 57.6 Å². The quantitative estimate of drug-likeness (QED) is 0.237. The number of ether oxygens (including phenoxy) is 3. The van der Waals surface area contributed by atoms with E-state index in [9.17, 15) is 5.11 Å². The molecule has 0 radical (unpaired) electrons. The van der Waals surface area contributed by atoms with Gasteiger partial charge in [-0.25, -0.2) is 0 Å². The summed E-state index contributed by atoms with van der Waals surface area (Å²) in [5.41, 5.74) is 10.6. The fourth-order valence-electron chi connectivity index (χ4n) is 3.73. The largest absolute Gasteiger partial charge is 0.507 e. The van der Waals surface area contributed by atoms with E-state index < -0.39 is 5.79 Å². The van der Waals surface area contributed by atoms with Crippen LogP contribution >= 0.6 is 0 Å². The molecule has 0 amide bonds. The summed E-state index contributed by atoms with van der Waals surface area (Å²) in [6.07, 6.45) is 1.55. The number of nitriles is 1. The van der Waals surface area contributed by atoms with Crippen molar-refractivity contribution in [2.45, 2.75) is 60.2 Å². The number of amidine groups is 1. The van der Waals surface area contributed by atoms with Crippen molar-refractivity contribution in [3.8, 4) is 17.6 Å². The molecule has 0 bridgehead atoms. The fourth-order valence-corrected chi connectivity index (χ4v) is 3.73. The Labute approximate surface area is 207 Å². The number of hydrogen-bond donors (Lipinski definition) is 3. The van der Waals surface area contributed by atoms with E-state index in [0.717, 1.165) is 40.8 Å². The monoisotopic (exact) mass is 483 g/mol. The summed E-state index contributed by atoms with van der Waals surface area (Å²) < 4.78 is 17.3. The lowest BCUT2D eigenvalue weighted by molar-refractivity contribution is -0.264. The van der Waals surface area contributed by atoms with Crippen LogP contribution in [0.25, 0.3) is 0 Å². The van der Waals surface area contributed by atoms with E-state index in [2.05, 4.69) is 11.2 Å². The van der Waals surface area contributed by atoms with Gasteiger partial charge in [0.15, 0.2) is 11.6 Å². The highest BCUT2D eigenvalue weighted by atomic mass is 16.7. The number of phenols is 1. The lowest BCUT2D eigenvalue weighted by Crippen LogP contribution is -2.41. The molecule has 0 spiro atoms. The van der Waals surface area contributed by atoms with Crippen molar-refractivity contribution < 1.29 is 24.5 Å². The molecule has 35 heavy (non-hydrogen) atoms. The molecule has 8 nitrogen and oxygen atoms in total. The maximum atomic E-state index is 9.51. The third-order valence-corrected chi connectivity index (χ3v) is 5.82. The molecular formula is C27H37N3O5. The first kappa shape index (κ1) is 28.0. The molecule has 1 saturated heterocycles. The number of rotatable bonds is 6. The van der Waals surface area contributed by atoms with Gasteiger partial charge in [0.2, 0.25) is 0 Å². The van der Waals surface area contributed by atoms with Gasteiger partial charge in [-0.15, -0.1) is 0 Å². The Morgan fingerprint density at radius 1 is 1.11 bits per heavy atom. The minimum atomic E-state index is -0.510. The van der Waals surface area contributed by atoms with Gasteiger partial charge in [0, 0.05) is 11.5 Å². The van der Waals surface area contributed by atoms with Crippen LogP contribution in [0.3, 0.4) is 0 Å². The van der Waals surface area contributed by atoms with Crippen LogP contribution in [-0.2, 0) is 22.3 Å². The average molecular weight is 484 g/mol. The van der Waals surface area contributed by atoms with E-state index in [4.69, 9.17) is 30.4 Å². The Balaban J connectivity index is 0.000000303. The van der Waals surface area contributed by atoms with Gasteiger partial charge in [-0.1, -0.05) is 19.0 Å². The number of aromatic hydroxyl groups is 1. The summed E-state index contributed by atoms with van der Waals surface area (Å²) in [6.45, 7) is 13.4. The standard InChI is InChI=1S/C17H26N2O4.C10H11NO/c1-5-13-7-14(16(18)19-20)6-11(2)15(13)21-8-12-9-22-17(3,4)23-10-12;1-3-9-5-8(6-11)4-7(2)10(9)12/h6-7,12,20H,5,8-10H2,1-4H3,(H2,18,19);4-5,12H,3H2,1-2H3. The molecule has 8 heteroatoms. The minimum Gasteiger partial charge on any atom is -0.507 e. The zero-order chi connectivity index (χ0) is 26.2. The highest BCUT2D eigenvalue weighted by Crippen LogP contribution is 2.28. The van der Waals surface area contributed by atoms with Gasteiger partial charge in [0.05, 0.1) is 31.5 Å². The van der Waals surface area contributed by atoms with Crippen LogP contribution in [0.4, 0.5) is 0 Å². The van der Waals surface area contributed by atoms with Gasteiger partial charge in [-0.05, 0) is 87.1 Å². The van der Waals surface area contributed by atoms with E-state index in [1.807, 2.05) is 46.8 Å². The lowest BCUT2D eigenvalue weighted by atomic mass is 10.0. The molecule has 0 unspecified atom stereocenters. The summed E-state index contributed by atoms with van der Waals surface area (Å²) in [4.78, 5) is 0. The van der Waals surface area contributed by atoms with Crippen molar-refractivity contribution >= 4 is 5.84 Å². The summed E-state index contributed by atoms with van der Waals surface area (Å²) in [7, 11) is 0. The molecule has 1 heterocycles. The Morgan fingerprint density at radius 2 is 1.74 bits per heavy atom. The SMILES string of the molecule is CCc1cc(C#N)cc(C)c1O.CCc1cc(C(N)=NO)cc(C)c1OCC1COC(C)(C)OC1. The van der Waals surface area contributed by atoms with Crippen molar-refractivity contribution in [1.82, 2.24) is 0 Å². The molecular weight excluding hydrogens is 446 g/mol. The number of nitrogens with zero attached hydrogens (tertiary/aromatic N) is 2. The lowest BCUT2D eigenvalue weighted by Gasteiger charge is -2.35. The molecule has 1 aliphatic rings. The Hall–Kier alpha value is -3.28. The summed E-state index contributed by atoms with van der Waals surface area (Å²) in [5, 5.41) is 30.0. The molecule has 2 aromatic rings. The zero-order valence-electron chi connectivity index (χ0n) is 21.5. The number of aryl methyl sites for hydroxylation is 4. The summed E-state index contributed by atoms with van der Waals surface area (Å²) in [6, 6.07) is 9.23. The summed E-state index contributed by atoms with van der Waals surface area (Å²) >= 11 is 0. The summed E-state index contributed by atoms with van der Waals surface area (Å²) in [5.74, 6) is 0.967. The van der Waals surface area contributed by atoms with Crippen LogP contribution in [0.1, 0.15) is 61.1 Å². The van der Waals surface area contributed by atoms with Crippen LogP contribution in [0.15, 0.2) is 29.4 Å². The van der Waals surface area contributed by atoms with Gasteiger partial charge in [0.1, 0.15) is 11.5 Å². The molecule has 1 fully saturated rings. The molecule has 0 saturated carbocycles. The van der Waals surface area contributed by atoms with E-state index in [-0.39, 0.29) is 11.8 Å². The topological polar surface area (TPSA) is 130 Å². The Kier molecular flexibility index (Phi) is 9.93. The predicted octanol–water partition coefficient (Wildman–Crippen LogP) is 4.56. The number of phenolic OH excluding ortho intramolecular Hbond substituents is 1. The van der Waals surface area contributed by atoms with Crippen molar-refractivity contribution in [3.63, 3.8) is 0 Å². The first-order valence-corrected chi connectivity index (χ1v) is 11.8. The van der Waals surface area contributed by atoms with Gasteiger partial charge in [-0.2, -0.15) is 5.26 Å². The van der Waals surface area contributed by atoms with Crippen LogP contribution in [0.2, 0.25) is 0 Å². The Bertz CT molecular complexity index is 1080.